The molecule has 6 nitrogen and oxygen atoms in total. The molecule has 1 aromatic carbocycles. The fourth-order valence-electron chi connectivity index (χ4n) is 3.16. The molecule has 0 saturated carbocycles. The molecule has 3 rings (SSSR count). The lowest BCUT2D eigenvalue weighted by molar-refractivity contribution is 0.182. The number of hydrogen-bond acceptors (Lipinski definition) is 4. The topological polar surface area (TPSA) is 64.4 Å². The number of hydrogen-bond donors (Lipinski definition) is 0. The van der Waals surface area contributed by atoms with E-state index in [-0.39, 0.29) is 17.7 Å². The predicted octanol–water partition coefficient (Wildman–Crippen LogP) is 2.59. The van der Waals surface area contributed by atoms with E-state index in [9.17, 15) is 8.42 Å². The minimum atomic E-state index is -3.31. The second-order valence-corrected chi connectivity index (χ2v) is 9.15. The van der Waals surface area contributed by atoms with Gasteiger partial charge in [-0.05, 0) is 18.6 Å². The van der Waals surface area contributed by atoms with E-state index in [1.54, 1.807) is 20.3 Å². The highest BCUT2D eigenvalue weighted by Gasteiger charge is 2.35. The lowest BCUT2D eigenvalue weighted by Gasteiger charge is -2.23. The predicted molar refractivity (Wildman–Crippen MR) is 98.2 cm³/mol. The van der Waals surface area contributed by atoms with Crippen molar-refractivity contribution in [2.24, 2.45) is 5.92 Å². The van der Waals surface area contributed by atoms with E-state index >= 15 is 0 Å². The molecule has 25 heavy (non-hydrogen) atoms. The molecule has 0 aliphatic carbocycles. The number of rotatable bonds is 5. The molecule has 0 unspecified atom stereocenters. The van der Waals surface area contributed by atoms with E-state index in [2.05, 4.69) is 4.98 Å². The second kappa shape index (κ2) is 7.07. The molecule has 1 saturated heterocycles. The molecule has 136 valence electrons. The zero-order chi connectivity index (χ0) is 18.2. The van der Waals surface area contributed by atoms with Crippen molar-refractivity contribution < 1.29 is 13.2 Å². The first-order chi connectivity index (χ1) is 11.8. The standard InChI is InChI=1S/C17H22ClN3O3S/c1-12-5-4-6-14(18)16(12)17-19-7-8-21(17)15-10-24-9-13(15)11-25(22,23)20(2)3/h4-8,13,15H,9-11H2,1-3H3/t13-,15+/m0/s1. The van der Waals surface area contributed by atoms with Crippen molar-refractivity contribution in [1.82, 2.24) is 13.9 Å². The molecule has 0 N–H and O–H groups in total. The van der Waals surface area contributed by atoms with Crippen LogP contribution in [0.2, 0.25) is 5.02 Å². The van der Waals surface area contributed by atoms with Crippen LogP contribution in [-0.4, -0.2) is 55.3 Å². The number of imidazole rings is 1. The van der Waals surface area contributed by atoms with Crippen LogP contribution in [0.3, 0.4) is 0 Å². The van der Waals surface area contributed by atoms with Crippen LogP contribution in [-0.2, 0) is 14.8 Å². The third-order valence-corrected chi connectivity index (χ3v) is 6.89. The van der Waals surface area contributed by atoms with Crippen molar-refractivity contribution in [1.29, 1.82) is 0 Å². The summed E-state index contributed by atoms with van der Waals surface area (Å²) in [6.45, 7) is 2.86. The van der Waals surface area contributed by atoms with Gasteiger partial charge in [-0.15, -0.1) is 0 Å². The highest BCUT2D eigenvalue weighted by molar-refractivity contribution is 7.89. The zero-order valence-corrected chi connectivity index (χ0v) is 16.1. The third kappa shape index (κ3) is 3.60. The van der Waals surface area contributed by atoms with E-state index in [1.807, 2.05) is 35.9 Å². The van der Waals surface area contributed by atoms with E-state index in [1.165, 1.54) is 4.31 Å². The molecular formula is C17H22ClN3O3S. The van der Waals surface area contributed by atoms with Crippen molar-refractivity contribution in [2.45, 2.75) is 13.0 Å². The number of nitrogens with zero attached hydrogens (tertiary/aromatic N) is 3. The van der Waals surface area contributed by atoms with Gasteiger partial charge in [-0.1, -0.05) is 23.7 Å². The Kier molecular flexibility index (Phi) is 5.20. The molecular weight excluding hydrogens is 362 g/mol. The van der Waals surface area contributed by atoms with Gasteiger partial charge in [0.25, 0.3) is 0 Å². The lowest BCUT2D eigenvalue weighted by atomic mass is 10.0. The van der Waals surface area contributed by atoms with Crippen molar-refractivity contribution in [3.8, 4) is 11.4 Å². The average Bonchev–Trinajstić information content (AvgIpc) is 3.15. The maximum Gasteiger partial charge on any atom is 0.214 e. The molecule has 0 radical (unpaired) electrons. The summed E-state index contributed by atoms with van der Waals surface area (Å²) in [5.74, 6) is 0.651. The van der Waals surface area contributed by atoms with E-state index in [0.29, 0.717) is 18.2 Å². The van der Waals surface area contributed by atoms with Crippen LogP contribution in [0.4, 0.5) is 0 Å². The van der Waals surface area contributed by atoms with Crippen LogP contribution >= 0.6 is 11.6 Å². The molecule has 0 spiro atoms. The van der Waals surface area contributed by atoms with Crippen LogP contribution in [0.15, 0.2) is 30.6 Å². The Hall–Kier alpha value is -1.41. The molecule has 2 atom stereocenters. The number of halogens is 1. The highest BCUT2D eigenvalue weighted by atomic mass is 35.5. The summed E-state index contributed by atoms with van der Waals surface area (Å²) in [6, 6.07) is 5.63. The van der Waals surface area contributed by atoms with Crippen molar-refractivity contribution in [3.05, 3.63) is 41.2 Å². The van der Waals surface area contributed by atoms with Gasteiger partial charge in [0.1, 0.15) is 5.82 Å². The van der Waals surface area contributed by atoms with Gasteiger partial charge in [-0.3, -0.25) is 0 Å². The summed E-state index contributed by atoms with van der Waals surface area (Å²) in [5.41, 5.74) is 1.90. The first kappa shape index (κ1) is 18.4. The van der Waals surface area contributed by atoms with Crippen LogP contribution in [0, 0.1) is 12.8 Å². The largest absolute Gasteiger partial charge is 0.379 e. The second-order valence-electron chi connectivity index (χ2n) is 6.52. The van der Waals surface area contributed by atoms with Crippen molar-refractivity contribution in [2.75, 3.05) is 33.1 Å². The van der Waals surface area contributed by atoms with Gasteiger partial charge in [0.05, 0.1) is 30.0 Å². The van der Waals surface area contributed by atoms with Crippen LogP contribution in [0.1, 0.15) is 11.6 Å². The first-order valence-electron chi connectivity index (χ1n) is 8.07. The number of sulfonamides is 1. The molecule has 8 heteroatoms. The highest BCUT2D eigenvalue weighted by Crippen LogP contribution is 2.35. The molecule has 1 aliphatic heterocycles. The Morgan fingerprint density at radius 2 is 2.12 bits per heavy atom. The summed E-state index contributed by atoms with van der Waals surface area (Å²) in [5, 5.41) is 0.629. The Balaban J connectivity index is 1.97. The zero-order valence-electron chi connectivity index (χ0n) is 14.5. The molecule has 1 aliphatic rings. The quantitative estimate of drug-likeness (QED) is 0.796. The molecule has 0 bridgehead atoms. The SMILES string of the molecule is Cc1cccc(Cl)c1-c1nccn1[C@@H]1COC[C@H]1CS(=O)(=O)N(C)C. The summed E-state index contributed by atoms with van der Waals surface area (Å²) in [4.78, 5) is 4.48. The van der Waals surface area contributed by atoms with Gasteiger partial charge in [-0.2, -0.15) is 0 Å². The smallest absolute Gasteiger partial charge is 0.214 e. The van der Waals surface area contributed by atoms with Gasteiger partial charge in [0.2, 0.25) is 10.0 Å². The lowest BCUT2D eigenvalue weighted by Crippen LogP contribution is -2.32. The van der Waals surface area contributed by atoms with Gasteiger partial charge >= 0.3 is 0 Å². The first-order valence-corrected chi connectivity index (χ1v) is 10.1. The summed E-state index contributed by atoms with van der Waals surface area (Å²) < 4.78 is 33.4. The summed E-state index contributed by atoms with van der Waals surface area (Å²) in [7, 11) is -0.203. The Morgan fingerprint density at radius 3 is 2.80 bits per heavy atom. The monoisotopic (exact) mass is 383 g/mol. The Labute approximate surface area is 153 Å². The van der Waals surface area contributed by atoms with Crippen molar-refractivity contribution in [3.63, 3.8) is 0 Å². The number of benzene rings is 1. The van der Waals surface area contributed by atoms with Crippen LogP contribution < -0.4 is 0 Å². The molecule has 1 fully saturated rings. The normalized spacial score (nSPS) is 21.2. The van der Waals surface area contributed by atoms with Gasteiger partial charge in [0.15, 0.2) is 0 Å². The Morgan fingerprint density at radius 1 is 1.36 bits per heavy atom. The Bertz CT molecular complexity index is 844. The van der Waals surface area contributed by atoms with E-state index < -0.39 is 10.0 Å². The number of aromatic nitrogens is 2. The third-order valence-electron chi connectivity index (χ3n) is 4.62. The van der Waals surface area contributed by atoms with Gasteiger partial charge in [-0.25, -0.2) is 17.7 Å². The summed E-state index contributed by atoms with van der Waals surface area (Å²) >= 11 is 6.40. The minimum absolute atomic E-state index is 0.0454. The molecule has 2 aromatic rings. The van der Waals surface area contributed by atoms with Crippen molar-refractivity contribution >= 4 is 21.6 Å². The molecule has 0 amide bonds. The minimum Gasteiger partial charge on any atom is -0.379 e. The molecule has 1 aromatic heterocycles. The fraction of sp³-hybridized carbons (Fsp3) is 0.471. The fourth-order valence-corrected chi connectivity index (χ4v) is 4.63. The van der Waals surface area contributed by atoms with Crippen LogP contribution in [0.25, 0.3) is 11.4 Å². The maximum atomic E-state index is 12.3. The van der Waals surface area contributed by atoms with E-state index in [4.69, 9.17) is 16.3 Å². The van der Waals surface area contributed by atoms with Crippen LogP contribution in [0.5, 0.6) is 0 Å². The van der Waals surface area contributed by atoms with Gasteiger partial charge < -0.3 is 9.30 Å². The van der Waals surface area contributed by atoms with E-state index in [0.717, 1.165) is 17.0 Å². The summed E-state index contributed by atoms with van der Waals surface area (Å²) in [6.07, 6.45) is 3.58. The average molecular weight is 384 g/mol. The maximum absolute atomic E-state index is 12.3. The molecule has 2 heterocycles. The van der Waals surface area contributed by atoms with Gasteiger partial charge in [0, 0.05) is 38.0 Å². The number of ether oxygens (including phenoxy) is 1. The number of aryl methyl sites for hydroxylation is 1.